The highest BCUT2D eigenvalue weighted by Crippen LogP contribution is 2.27. The summed E-state index contributed by atoms with van der Waals surface area (Å²) in [6.45, 7) is 5.78. The molecule has 2 rings (SSSR count). The molecule has 1 amide bonds. The van der Waals surface area contributed by atoms with Gasteiger partial charge in [0.05, 0.1) is 0 Å². The summed E-state index contributed by atoms with van der Waals surface area (Å²) >= 11 is 1.48. The Hall–Kier alpha value is -2.21. The van der Waals surface area contributed by atoms with Gasteiger partial charge in [0.25, 0.3) is 0 Å². The fraction of sp³-hybridized carbons (Fsp3) is 0.154. The first-order valence-corrected chi connectivity index (χ1v) is 6.57. The van der Waals surface area contributed by atoms with Crippen molar-refractivity contribution in [2.45, 2.75) is 6.92 Å². The monoisotopic (exact) mass is 274 g/mol. The van der Waals surface area contributed by atoms with E-state index in [1.165, 1.54) is 18.3 Å². The molecule has 1 heterocycles. The molecule has 0 radical (unpaired) electrons. The second kappa shape index (κ2) is 6.10. The van der Waals surface area contributed by atoms with E-state index in [-0.39, 0.29) is 5.91 Å². The average molecular weight is 274 g/mol. The van der Waals surface area contributed by atoms with Gasteiger partial charge in [-0.25, -0.2) is 0 Å². The molecular weight excluding hydrogens is 260 g/mol. The summed E-state index contributed by atoms with van der Waals surface area (Å²) < 4.78 is 0. The molecule has 1 aromatic heterocycles. The predicted molar refractivity (Wildman–Crippen MR) is 78.3 cm³/mol. The van der Waals surface area contributed by atoms with Crippen LogP contribution in [0.3, 0.4) is 0 Å². The lowest BCUT2D eigenvalue weighted by Gasteiger charge is -2.02. The number of anilines is 2. The second-order valence-electron chi connectivity index (χ2n) is 3.84. The van der Waals surface area contributed by atoms with Crippen molar-refractivity contribution in [1.82, 2.24) is 10.2 Å². The van der Waals surface area contributed by atoms with E-state index >= 15 is 0 Å². The van der Waals surface area contributed by atoms with Crippen LogP contribution in [0.25, 0.3) is 10.6 Å². The highest BCUT2D eigenvalue weighted by molar-refractivity contribution is 7.18. The zero-order chi connectivity index (χ0) is 13.7. The van der Waals surface area contributed by atoms with Crippen molar-refractivity contribution < 1.29 is 4.79 Å². The minimum absolute atomic E-state index is 0.0837. The summed E-state index contributed by atoms with van der Waals surface area (Å²) in [7, 11) is 0. The lowest BCUT2D eigenvalue weighted by Crippen LogP contribution is -2.05. The summed E-state index contributed by atoms with van der Waals surface area (Å²) in [6.07, 6.45) is 1.77. The first kappa shape index (κ1) is 13.2. The largest absolute Gasteiger partial charge is 0.357 e. The smallest absolute Gasteiger partial charge is 0.221 e. The van der Waals surface area contributed by atoms with Gasteiger partial charge in [-0.2, -0.15) is 0 Å². The Kier molecular flexibility index (Phi) is 4.25. The maximum absolute atomic E-state index is 10.9. The van der Waals surface area contributed by atoms with Crippen molar-refractivity contribution in [1.29, 1.82) is 0 Å². The summed E-state index contributed by atoms with van der Waals surface area (Å²) in [6, 6.07) is 7.50. The number of nitrogens with zero attached hydrogens (tertiary/aromatic N) is 2. The van der Waals surface area contributed by atoms with Crippen molar-refractivity contribution >= 4 is 28.1 Å². The van der Waals surface area contributed by atoms with Gasteiger partial charge in [0.15, 0.2) is 0 Å². The number of aromatic nitrogens is 2. The Morgan fingerprint density at radius 1 is 1.37 bits per heavy atom. The Labute approximate surface area is 115 Å². The summed E-state index contributed by atoms with van der Waals surface area (Å²) in [4.78, 5) is 10.9. The Morgan fingerprint density at radius 2 is 2.11 bits per heavy atom. The van der Waals surface area contributed by atoms with Crippen LogP contribution >= 0.6 is 11.3 Å². The maximum atomic E-state index is 10.9. The van der Waals surface area contributed by atoms with E-state index in [1.807, 2.05) is 24.3 Å². The van der Waals surface area contributed by atoms with Gasteiger partial charge < -0.3 is 10.6 Å². The van der Waals surface area contributed by atoms with Crippen LogP contribution in [-0.4, -0.2) is 22.6 Å². The van der Waals surface area contributed by atoms with E-state index in [4.69, 9.17) is 0 Å². The van der Waals surface area contributed by atoms with Crippen LogP contribution < -0.4 is 10.6 Å². The third kappa shape index (κ3) is 3.62. The zero-order valence-electron chi connectivity index (χ0n) is 10.5. The van der Waals surface area contributed by atoms with Crippen LogP contribution in [0.2, 0.25) is 0 Å². The van der Waals surface area contributed by atoms with Crippen LogP contribution in [0.15, 0.2) is 36.9 Å². The minimum atomic E-state index is -0.0837. The molecule has 0 saturated carbocycles. The summed E-state index contributed by atoms with van der Waals surface area (Å²) in [5.74, 6) is -0.0837. The number of nitrogens with one attached hydrogen (secondary N) is 2. The van der Waals surface area contributed by atoms with Crippen LogP contribution in [0.1, 0.15) is 6.92 Å². The van der Waals surface area contributed by atoms with E-state index in [1.54, 1.807) is 6.08 Å². The van der Waals surface area contributed by atoms with Gasteiger partial charge in [-0.05, 0) is 24.3 Å². The van der Waals surface area contributed by atoms with Gasteiger partial charge >= 0.3 is 0 Å². The Bertz CT molecular complexity index is 577. The van der Waals surface area contributed by atoms with E-state index in [0.29, 0.717) is 6.54 Å². The first-order valence-electron chi connectivity index (χ1n) is 5.75. The number of hydrogen-bond donors (Lipinski definition) is 2. The molecule has 0 saturated heterocycles. The topological polar surface area (TPSA) is 66.9 Å². The van der Waals surface area contributed by atoms with E-state index < -0.39 is 0 Å². The fourth-order valence-corrected chi connectivity index (χ4v) is 2.23. The molecule has 19 heavy (non-hydrogen) atoms. The van der Waals surface area contributed by atoms with Crippen LogP contribution in [0.5, 0.6) is 0 Å². The quantitative estimate of drug-likeness (QED) is 0.823. The van der Waals surface area contributed by atoms with Crippen LogP contribution in [-0.2, 0) is 4.79 Å². The van der Waals surface area contributed by atoms with E-state index in [0.717, 1.165) is 21.4 Å². The van der Waals surface area contributed by atoms with Crippen molar-refractivity contribution in [3.8, 4) is 10.6 Å². The zero-order valence-corrected chi connectivity index (χ0v) is 11.3. The highest BCUT2D eigenvalue weighted by Gasteiger charge is 2.06. The molecule has 1 aromatic carbocycles. The molecule has 0 unspecified atom stereocenters. The molecule has 98 valence electrons. The molecular formula is C13H14N4OS. The van der Waals surface area contributed by atoms with E-state index in [9.17, 15) is 4.79 Å². The number of hydrogen-bond acceptors (Lipinski definition) is 5. The van der Waals surface area contributed by atoms with Crippen molar-refractivity contribution in [3.63, 3.8) is 0 Å². The van der Waals surface area contributed by atoms with Gasteiger partial charge in [0, 0.05) is 24.7 Å². The third-order valence-corrected chi connectivity index (χ3v) is 3.20. The van der Waals surface area contributed by atoms with Crippen molar-refractivity contribution in [3.05, 3.63) is 36.9 Å². The molecule has 0 aliphatic carbocycles. The van der Waals surface area contributed by atoms with Gasteiger partial charge in [-0.3, -0.25) is 4.79 Å². The standard InChI is InChI=1S/C13H14N4OS/c1-3-8-14-13-17-16-12(19-13)10-4-6-11(7-5-10)15-9(2)18/h3-7H,1,8H2,2H3,(H,14,17)(H,15,18). The lowest BCUT2D eigenvalue weighted by atomic mass is 10.2. The molecule has 5 nitrogen and oxygen atoms in total. The lowest BCUT2D eigenvalue weighted by molar-refractivity contribution is -0.114. The number of carbonyl (C=O) groups excluding carboxylic acids is 1. The van der Waals surface area contributed by atoms with Gasteiger partial charge in [0.2, 0.25) is 11.0 Å². The number of benzene rings is 1. The SMILES string of the molecule is C=CCNc1nnc(-c2ccc(NC(C)=O)cc2)s1. The summed E-state index contributed by atoms with van der Waals surface area (Å²) in [5.41, 5.74) is 1.74. The number of carbonyl (C=O) groups is 1. The molecule has 0 spiro atoms. The van der Waals surface area contributed by atoms with Crippen molar-refractivity contribution in [2.24, 2.45) is 0 Å². The Morgan fingerprint density at radius 3 is 2.74 bits per heavy atom. The van der Waals surface area contributed by atoms with E-state index in [2.05, 4.69) is 27.4 Å². The molecule has 0 bridgehead atoms. The molecule has 0 fully saturated rings. The normalized spacial score (nSPS) is 9.95. The number of rotatable bonds is 5. The van der Waals surface area contributed by atoms with Gasteiger partial charge in [0.1, 0.15) is 5.01 Å². The highest BCUT2D eigenvalue weighted by atomic mass is 32.1. The third-order valence-electron chi connectivity index (χ3n) is 2.27. The molecule has 0 aliphatic heterocycles. The molecule has 2 N–H and O–H groups in total. The molecule has 0 aliphatic rings. The first-order chi connectivity index (χ1) is 9.19. The molecule has 2 aromatic rings. The van der Waals surface area contributed by atoms with Gasteiger partial charge in [-0.1, -0.05) is 17.4 Å². The second-order valence-corrected chi connectivity index (χ2v) is 4.82. The maximum Gasteiger partial charge on any atom is 0.221 e. The minimum Gasteiger partial charge on any atom is -0.357 e. The average Bonchev–Trinajstić information content (AvgIpc) is 2.85. The fourth-order valence-electron chi connectivity index (χ4n) is 1.47. The van der Waals surface area contributed by atoms with Crippen LogP contribution in [0, 0.1) is 0 Å². The van der Waals surface area contributed by atoms with Crippen molar-refractivity contribution in [2.75, 3.05) is 17.2 Å². The van der Waals surface area contributed by atoms with Crippen LogP contribution in [0.4, 0.5) is 10.8 Å². The predicted octanol–water partition coefficient (Wildman–Crippen LogP) is 2.76. The molecule has 6 heteroatoms. The van der Waals surface area contributed by atoms with Gasteiger partial charge in [-0.15, -0.1) is 16.8 Å². The number of amides is 1. The Balaban J connectivity index is 2.10. The molecule has 0 atom stereocenters. The summed E-state index contributed by atoms with van der Waals surface area (Å²) in [5, 5.41) is 15.6.